The van der Waals surface area contributed by atoms with Crippen LogP contribution in [0.1, 0.15) is 16.1 Å². The van der Waals surface area contributed by atoms with Gasteiger partial charge >= 0.3 is 5.97 Å². The molecule has 0 saturated heterocycles. The maximum absolute atomic E-state index is 11.5. The lowest BCUT2D eigenvalue weighted by Crippen LogP contribution is -2.08. The molecule has 0 radical (unpaired) electrons. The third-order valence-corrected chi connectivity index (χ3v) is 2.99. The molecule has 0 unspecified atom stereocenters. The third kappa shape index (κ3) is 3.63. The van der Waals surface area contributed by atoms with E-state index in [4.69, 9.17) is 9.47 Å². The van der Waals surface area contributed by atoms with E-state index < -0.39 is 5.97 Å². The minimum atomic E-state index is -0.503. The van der Waals surface area contributed by atoms with Crippen LogP contribution in [0.2, 0.25) is 0 Å². The number of anilines is 1. The Hall–Kier alpha value is -2.83. The molecule has 2 heterocycles. The second-order valence-corrected chi connectivity index (χ2v) is 4.31. The molecule has 0 amide bonds. The topological polar surface area (TPSA) is 82.6 Å². The summed E-state index contributed by atoms with van der Waals surface area (Å²) >= 11 is 0. The first-order valence-electron chi connectivity index (χ1n) is 6.53. The van der Waals surface area contributed by atoms with Crippen molar-refractivity contribution in [2.24, 2.45) is 0 Å². The average molecular weight is 303 g/mol. The molecule has 116 valence electrons. The van der Waals surface area contributed by atoms with Crippen LogP contribution in [-0.4, -0.2) is 37.3 Å². The molecular weight excluding hydrogens is 286 g/mol. The molecule has 0 saturated carbocycles. The Morgan fingerprint density at radius 2 is 2.00 bits per heavy atom. The van der Waals surface area contributed by atoms with Gasteiger partial charge in [0.25, 0.3) is 0 Å². The summed E-state index contributed by atoms with van der Waals surface area (Å²) in [6.45, 7) is 0.477. The zero-order valence-corrected chi connectivity index (χ0v) is 12.6. The van der Waals surface area contributed by atoms with Crippen LogP contribution >= 0.6 is 0 Å². The van der Waals surface area contributed by atoms with Gasteiger partial charge in [-0.05, 0) is 6.07 Å². The summed E-state index contributed by atoms with van der Waals surface area (Å²) in [5.74, 6) is 0.580. The monoisotopic (exact) mass is 303 g/mol. The average Bonchev–Trinajstić information content (AvgIpc) is 2.59. The highest BCUT2D eigenvalue weighted by Gasteiger charge is 2.12. The molecule has 0 aromatic carbocycles. The first-order chi connectivity index (χ1) is 10.7. The first-order valence-corrected chi connectivity index (χ1v) is 6.53. The lowest BCUT2D eigenvalue weighted by molar-refractivity contribution is 0.0593. The van der Waals surface area contributed by atoms with E-state index in [1.165, 1.54) is 14.2 Å². The zero-order chi connectivity index (χ0) is 15.9. The predicted octanol–water partition coefficient (Wildman–Crippen LogP) is 1.89. The summed E-state index contributed by atoms with van der Waals surface area (Å²) in [4.78, 5) is 19.6. The van der Waals surface area contributed by atoms with E-state index in [0.717, 1.165) is 11.3 Å². The second kappa shape index (κ2) is 7.26. The van der Waals surface area contributed by atoms with E-state index in [1.54, 1.807) is 31.6 Å². The number of rotatable bonds is 6. The van der Waals surface area contributed by atoms with Crippen molar-refractivity contribution >= 4 is 11.7 Å². The summed E-state index contributed by atoms with van der Waals surface area (Å²) in [6, 6.07) is 5.16. The van der Waals surface area contributed by atoms with E-state index in [1.807, 2.05) is 6.07 Å². The highest BCUT2D eigenvalue weighted by Crippen LogP contribution is 2.21. The van der Waals surface area contributed by atoms with E-state index in [2.05, 4.69) is 20.0 Å². The van der Waals surface area contributed by atoms with Crippen LogP contribution in [0, 0.1) is 0 Å². The number of pyridine rings is 2. The summed E-state index contributed by atoms with van der Waals surface area (Å²) < 4.78 is 15.0. The fraction of sp³-hybridized carbons (Fsp3) is 0.267. The van der Waals surface area contributed by atoms with Crippen LogP contribution in [0.25, 0.3) is 0 Å². The SMILES string of the molecule is COC(=O)c1cc(OC)c(CNc2ccnc(OC)c2)cn1. The van der Waals surface area contributed by atoms with Gasteiger partial charge in [0.1, 0.15) is 5.75 Å². The minimum absolute atomic E-state index is 0.202. The van der Waals surface area contributed by atoms with Gasteiger partial charge in [0, 0.05) is 42.3 Å². The highest BCUT2D eigenvalue weighted by molar-refractivity contribution is 5.87. The van der Waals surface area contributed by atoms with Crippen LogP contribution in [-0.2, 0) is 11.3 Å². The van der Waals surface area contributed by atoms with Crippen LogP contribution < -0.4 is 14.8 Å². The van der Waals surface area contributed by atoms with E-state index in [-0.39, 0.29) is 5.69 Å². The quantitative estimate of drug-likeness (QED) is 0.816. The molecule has 0 spiro atoms. The summed E-state index contributed by atoms with van der Waals surface area (Å²) in [7, 11) is 4.41. The molecule has 22 heavy (non-hydrogen) atoms. The van der Waals surface area contributed by atoms with Crippen molar-refractivity contribution in [2.75, 3.05) is 26.6 Å². The van der Waals surface area contributed by atoms with Gasteiger partial charge in [-0.25, -0.2) is 14.8 Å². The van der Waals surface area contributed by atoms with Gasteiger partial charge in [0.2, 0.25) is 5.88 Å². The molecule has 2 aromatic rings. The fourth-order valence-electron chi connectivity index (χ4n) is 1.83. The summed E-state index contributed by atoms with van der Waals surface area (Å²) in [5, 5.41) is 3.22. The van der Waals surface area contributed by atoms with Gasteiger partial charge in [0.05, 0.1) is 21.3 Å². The fourth-order valence-corrected chi connectivity index (χ4v) is 1.83. The maximum atomic E-state index is 11.5. The van der Waals surface area contributed by atoms with Crippen LogP contribution in [0.3, 0.4) is 0 Å². The number of nitrogens with zero attached hydrogens (tertiary/aromatic N) is 2. The second-order valence-electron chi connectivity index (χ2n) is 4.31. The van der Waals surface area contributed by atoms with Crippen LogP contribution in [0.5, 0.6) is 11.6 Å². The molecule has 0 aliphatic rings. The Morgan fingerprint density at radius 3 is 2.68 bits per heavy atom. The maximum Gasteiger partial charge on any atom is 0.356 e. The van der Waals surface area contributed by atoms with Gasteiger partial charge in [-0.15, -0.1) is 0 Å². The van der Waals surface area contributed by atoms with Crippen molar-refractivity contribution < 1.29 is 19.0 Å². The number of carbonyl (C=O) groups is 1. The van der Waals surface area contributed by atoms with E-state index >= 15 is 0 Å². The molecule has 1 N–H and O–H groups in total. The van der Waals surface area contributed by atoms with Crippen molar-refractivity contribution in [3.8, 4) is 11.6 Å². The van der Waals surface area contributed by atoms with Crippen LogP contribution in [0.15, 0.2) is 30.6 Å². The lowest BCUT2D eigenvalue weighted by atomic mass is 10.2. The van der Waals surface area contributed by atoms with E-state index in [0.29, 0.717) is 18.2 Å². The van der Waals surface area contributed by atoms with Crippen molar-refractivity contribution in [1.82, 2.24) is 9.97 Å². The number of nitrogens with one attached hydrogen (secondary N) is 1. The number of hydrogen-bond donors (Lipinski definition) is 1. The summed E-state index contributed by atoms with van der Waals surface area (Å²) in [6.07, 6.45) is 3.23. The van der Waals surface area contributed by atoms with Gasteiger partial charge in [-0.1, -0.05) is 0 Å². The number of aromatic nitrogens is 2. The standard InChI is InChI=1S/C15H17N3O4/c1-20-13-7-12(15(19)22-3)18-9-10(13)8-17-11-4-5-16-14(6-11)21-2/h4-7,9H,8H2,1-3H3,(H,16,17). The van der Waals surface area contributed by atoms with Crippen molar-refractivity contribution in [2.45, 2.75) is 6.54 Å². The molecule has 0 bridgehead atoms. The molecule has 0 aliphatic heterocycles. The van der Waals surface area contributed by atoms with Crippen molar-refractivity contribution in [3.05, 3.63) is 41.9 Å². The van der Waals surface area contributed by atoms with Crippen LogP contribution in [0.4, 0.5) is 5.69 Å². The first kappa shape index (κ1) is 15.6. The molecular formula is C15H17N3O4. The third-order valence-electron chi connectivity index (χ3n) is 2.99. The number of hydrogen-bond acceptors (Lipinski definition) is 7. The van der Waals surface area contributed by atoms with Gasteiger partial charge in [-0.3, -0.25) is 0 Å². The number of ether oxygens (including phenoxy) is 3. The normalized spacial score (nSPS) is 9.95. The van der Waals surface area contributed by atoms with E-state index in [9.17, 15) is 4.79 Å². The largest absolute Gasteiger partial charge is 0.496 e. The molecule has 7 nitrogen and oxygen atoms in total. The van der Waals surface area contributed by atoms with Crippen molar-refractivity contribution in [3.63, 3.8) is 0 Å². The Labute approximate surface area is 128 Å². The number of esters is 1. The predicted molar refractivity (Wildman–Crippen MR) is 80.2 cm³/mol. The van der Waals surface area contributed by atoms with Crippen molar-refractivity contribution in [1.29, 1.82) is 0 Å². The Balaban J connectivity index is 2.13. The Bertz CT molecular complexity index is 661. The summed E-state index contributed by atoms with van der Waals surface area (Å²) in [5.41, 5.74) is 1.87. The molecule has 2 aromatic heterocycles. The Kier molecular flexibility index (Phi) is 5.13. The zero-order valence-electron chi connectivity index (χ0n) is 12.6. The lowest BCUT2D eigenvalue weighted by Gasteiger charge is -2.11. The molecule has 0 atom stereocenters. The number of carbonyl (C=O) groups excluding carboxylic acids is 1. The van der Waals surface area contributed by atoms with Gasteiger partial charge in [0.15, 0.2) is 5.69 Å². The molecule has 0 aliphatic carbocycles. The molecule has 0 fully saturated rings. The Morgan fingerprint density at radius 1 is 1.18 bits per heavy atom. The number of methoxy groups -OCH3 is 3. The minimum Gasteiger partial charge on any atom is -0.496 e. The highest BCUT2D eigenvalue weighted by atomic mass is 16.5. The smallest absolute Gasteiger partial charge is 0.356 e. The van der Waals surface area contributed by atoms with Gasteiger partial charge in [-0.2, -0.15) is 0 Å². The molecule has 2 rings (SSSR count). The van der Waals surface area contributed by atoms with Gasteiger partial charge < -0.3 is 19.5 Å². The molecule has 7 heteroatoms.